The summed E-state index contributed by atoms with van der Waals surface area (Å²) < 4.78 is 1.67. The van der Waals surface area contributed by atoms with Crippen LogP contribution in [0, 0.1) is 0 Å². The van der Waals surface area contributed by atoms with Gasteiger partial charge in [-0.1, -0.05) is 90.0 Å². The van der Waals surface area contributed by atoms with Crippen molar-refractivity contribution in [3.8, 4) is 5.69 Å². The summed E-state index contributed by atoms with van der Waals surface area (Å²) >= 11 is 0. The number of hydrogen-bond acceptors (Lipinski definition) is 5. The van der Waals surface area contributed by atoms with Crippen molar-refractivity contribution < 1.29 is 0 Å². The summed E-state index contributed by atoms with van der Waals surface area (Å²) in [6.45, 7) is 0. The Kier molecular flexibility index (Phi) is 4.32. The van der Waals surface area contributed by atoms with E-state index in [1.807, 2.05) is 42.6 Å². The van der Waals surface area contributed by atoms with E-state index in [1.165, 1.54) is 10.8 Å². The maximum Gasteiger partial charge on any atom is 0.268 e. The molecule has 6 rings (SSSR count). The van der Waals surface area contributed by atoms with Crippen molar-refractivity contribution in [1.82, 2.24) is 20.2 Å². The first kappa shape index (κ1) is 18.2. The molecule has 1 N–H and O–H groups in total. The molecule has 0 bridgehead atoms. The first-order valence-corrected chi connectivity index (χ1v) is 10.3. The molecule has 0 amide bonds. The zero-order valence-corrected chi connectivity index (χ0v) is 17.1. The van der Waals surface area contributed by atoms with E-state index < -0.39 is 0 Å². The van der Waals surface area contributed by atoms with Crippen LogP contribution in [0.2, 0.25) is 0 Å². The first-order chi connectivity index (χ1) is 15.9. The number of nitrogens with zero attached hydrogens (tertiary/aromatic N) is 5. The second kappa shape index (κ2) is 7.59. The molecule has 6 aromatic rings. The molecule has 32 heavy (non-hydrogen) atoms. The number of nitrogens with one attached hydrogen (secondary N) is 1. The lowest BCUT2D eigenvalue weighted by Gasteiger charge is -2.09. The van der Waals surface area contributed by atoms with Crippen molar-refractivity contribution in [1.29, 1.82) is 0 Å². The Balaban J connectivity index is 1.41. The van der Waals surface area contributed by atoms with Crippen LogP contribution in [0.3, 0.4) is 0 Å². The highest BCUT2D eigenvalue weighted by molar-refractivity contribution is 6.13. The molecule has 0 unspecified atom stereocenters. The molecule has 0 aliphatic rings. The van der Waals surface area contributed by atoms with Gasteiger partial charge in [0.15, 0.2) is 0 Å². The molecule has 0 aliphatic carbocycles. The predicted octanol–water partition coefficient (Wildman–Crippen LogP) is 5.57. The minimum atomic E-state index is 0.446. The number of anilines is 1. The number of aromatic nitrogens is 4. The fourth-order valence-corrected chi connectivity index (χ4v) is 4.15. The Morgan fingerprint density at radius 1 is 0.688 bits per heavy atom. The normalized spacial score (nSPS) is 11.6. The number of hydrogen-bond donors (Lipinski definition) is 1. The average molecular weight is 414 g/mol. The highest BCUT2D eigenvalue weighted by Crippen LogP contribution is 2.27. The van der Waals surface area contributed by atoms with Crippen LogP contribution < -0.4 is 5.43 Å². The van der Waals surface area contributed by atoms with E-state index in [4.69, 9.17) is 0 Å². The van der Waals surface area contributed by atoms with Gasteiger partial charge in [0, 0.05) is 10.9 Å². The lowest BCUT2D eigenvalue weighted by Crippen LogP contribution is -2.04. The van der Waals surface area contributed by atoms with Crippen LogP contribution in [0.5, 0.6) is 0 Å². The number of hydrazone groups is 1. The third kappa shape index (κ3) is 3.06. The van der Waals surface area contributed by atoms with Crippen LogP contribution >= 0.6 is 0 Å². The molecule has 0 saturated carbocycles. The van der Waals surface area contributed by atoms with Gasteiger partial charge in [-0.3, -0.25) is 0 Å². The Morgan fingerprint density at radius 3 is 2.06 bits per heavy atom. The Hall–Kier alpha value is -4.58. The number of fused-ring (bicyclic) bond motifs is 3. The van der Waals surface area contributed by atoms with Gasteiger partial charge >= 0.3 is 0 Å². The van der Waals surface area contributed by atoms with Crippen molar-refractivity contribution in [3.63, 3.8) is 0 Å². The molecule has 6 nitrogen and oxygen atoms in total. The Bertz CT molecular complexity index is 1560. The standard InChI is InChI=1S/C26H18N6/c1-6-14-23-18(8-1)11-7-15-25(23)32-26(29-30-31-32)28-27-17-24-21-12-4-2-9-19(21)16-20-10-3-5-13-22(20)24/h1-17H,(H,28,29,31)/b27-17+. The lowest BCUT2D eigenvalue weighted by atomic mass is 9.97. The monoisotopic (exact) mass is 414 g/mol. The fourth-order valence-electron chi connectivity index (χ4n) is 4.15. The van der Waals surface area contributed by atoms with E-state index in [9.17, 15) is 0 Å². The summed E-state index contributed by atoms with van der Waals surface area (Å²) in [6, 6.07) is 33.1. The lowest BCUT2D eigenvalue weighted by molar-refractivity contribution is 0.794. The van der Waals surface area contributed by atoms with Crippen molar-refractivity contribution in [2.24, 2.45) is 5.10 Å². The van der Waals surface area contributed by atoms with Gasteiger partial charge < -0.3 is 0 Å². The van der Waals surface area contributed by atoms with Gasteiger partial charge in [0.25, 0.3) is 5.95 Å². The number of rotatable bonds is 4. The van der Waals surface area contributed by atoms with E-state index in [2.05, 4.69) is 86.7 Å². The summed E-state index contributed by atoms with van der Waals surface area (Å²) in [5, 5.41) is 23.5. The van der Waals surface area contributed by atoms with Crippen molar-refractivity contribution >= 4 is 44.5 Å². The molecule has 0 aliphatic heterocycles. The van der Waals surface area contributed by atoms with E-state index in [1.54, 1.807) is 4.68 Å². The molecular formula is C26H18N6. The van der Waals surface area contributed by atoms with Crippen molar-refractivity contribution in [2.45, 2.75) is 0 Å². The highest BCUT2D eigenvalue weighted by atomic mass is 15.6. The number of tetrazole rings is 1. The highest BCUT2D eigenvalue weighted by Gasteiger charge is 2.11. The quantitative estimate of drug-likeness (QED) is 0.233. The van der Waals surface area contributed by atoms with Crippen molar-refractivity contribution in [2.75, 3.05) is 5.43 Å². The van der Waals surface area contributed by atoms with Gasteiger partial charge in [-0.25, -0.2) is 5.43 Å². The van der Waals surface area contributed by atoms with Crippen LogP contribution in [-0.4, -0.2) is 26.4 Å². The Morgan fingerprint density at radius 2 is 1.31 bits per heavy atom. The maximum atomic E-state index is 4.51. The largest absolute Gasteiger partial charge is 0.268 e. The van der Waals surface area contributed by atoms with Gasteiger partial charge in [0.1, 0.15) is 0 Å². The second-order valence-corrected chi connectivity index (χ2v) is 7.52. The van der Waals surface area contributed by atoms with Gasteiger partial charge in [-0.05, 0) is 49.5 Å². The summed E-state index contributed by atoms with van der Waals surface area (Å²) in [4.78, 5) is 0. The molecule has 0 fully saturated rings. The summed E-state index contributed by atoms with van der Waals surface area (Å²) in [5.74, 6) is 0.446. The molecule has 1 heterocycles. The minimum Gasteiger partial charge on any atom is -0.244 e. The van der Waals surface area contributed by atoms with E-state index in [-0.39, 0.29) is 0 Å². The molecule has 152 valence electrons. The molecule has 0 saturated heterocycles. The van der Waals surface area contributed by atoms with Gasteiger partial charge in [0.05, 0.1) is 11.9 Å². The van der Waals surface area contributed by atoms with Crippen LogP contribution in [-0.2, 0) is 0 Å². The summed E-state index contributed by atoms with van der Waals surface area (Å²) in [6.07, 6.45) is 1.84. The predicted molar refractivity (Wildman–Crippen MR) is 129 cm³/mol. The molecule has 0 atom stereocenters. The zero-order chi connectivity index (χ0) is 21.3. The summed E-state index contributed by atoms with van der Waals surface area (Å²) in [5.41, 5.74) is 4.97. The van der Waals surface area contributed by atoms with Gasteiger partial charge in [-0.2, -0.15) is 9.78 Å². The topological polar surface area (TPSA) is 68.0 Å². The molecule has 1 aromatic heterocycles. The van der Waals surface area contributed by atoms with E-state index in [0.29, 0.717) is 5.95 Å². The molecule has 6 heteroatoms. The SMILES string of the molecule is C(=N\Nc1nnnn1-c1cccc2ccccc12)/c1c2ccccc2cc2ccccc12. The van der Waals surface area contributed by atoms with Crippen LogP contribution in [0.25, 0.3) is 38.0 Å². The zero-order valence-electron chi connectivity index (χ0n) is 17.1. The molecule has 0 radical (unpaired) electrons. The first-order valence-electron chi connectivity index (χ1n) is 10.3. The van der Waals surface area contributed by atoms with E-state index in [0.717, 1.165) is 32.8 Å². The molecule has 0 spiro atoms. The van der Waals surface area contributed by atoms with E-state index >= 15 is 0 Å². The third-order valence-electron chi connectivity index (χ3n) is 5.64. The van der Waals surface area contributed by atoms with Crippen LogP contribution in [0.4, 0.5) is 5.95 Å². The van der Waals surface area contributed by atoms with Crippen LogP contribution in [0.15, 0.2) is 102 Å². The summed E-state index contributed by atoms with van der Waals surface area (Å²) in [7, 11) is 0. The Labute approximate surface area is 183 Å². The average Bonchev–Trinajstić information content (AvgIpc) is 3.31. The van der Waals surface area contributed by atoms with Gasteiger partial charge in [-0.15, -0.1) is 0 Å². The number of benzene rings is 5. The van der Waals surface area contributed by atoms with Gasteiger partial charge in [0.2, 0.25) is 0 Å². The third-order valence-corrected chi connectivity index (χ3v) is 5.64. The second-order valence-electron chi connectivity index (χ2n) is 7.52. The molecular weight excluding hydrogens is 396 g/mol. The fraction of sp³-hybridized carbons (Fsp3) is 0. The van der Waals surface area contributed by atoms with Crippen LogP contribution in [0.1, 0.15) is 5.56 Å². The minimum absolute atomic E-state index is 0.446. The smallest absolute Gasteiger partial charge is 0.244 e. The van der Waals surface area contributed by atoms with Crippen molar-refractivity contribution in [3.05, 3.63) is 103 Å². The maximum absolute atomic E-state index is 4.51. The molecule has 5 aromatic carbocycles.